The van der Waals surface area contributed by atoms with Crippen LogP contribution in [0.15, 0.2) is 67.3 Å². The Morgan fingerprint density at radius 1 is 0.917 bits per heavy atom. The minimum atomic E-state index is -1.79. The molecule has 0 spiro atoms. The molecule has 0 aliphatic carbocycles. The van der Waals surface area contributed by atoms with Crippen LogP contribution < -0.4 is 5.32 Å². The molecule has 2 aromatic carbocycles. The van der Waals surface area contributed by atoms with Gasteiger partial charge in [-0.1, -0.05) is 75.4 Å². The molecule has 4 aromatic rings. The third kappa shape index (κ3) is 6.16. The molecule has 0 fully saturated rings. The van der Waals surface area contributed by atoms with E-state index in [0.717, 1.165) is 16.7 Å². The van der Waals surface area contributed by atoms with Crippen molar-refractivity contribution in [2.24, 2.45) is 0 Å². The lowest BCUT2D eigenvalue weighted by Crippen LogP contribution is -2.40. The van der Waals surface area contributed by atoms with Crippen LogP contribution in [0.3, 0.4) is 0 Å². The minimum Gasteiger partial charge on any atom is -0.444 e. The summed E-state index contributed by atoms with van der Waals surface area (Å²) in [6.45, 7) is 12.6. The first-order valence-corrected chi connectivity index (χ1v) is 14.9. The van der Waals surface area contributed by atoms with Gasteiger partial charge in [-0.15, -0.1) is 0 Å². The van der Waals surface area contributed by atoms with Crippen LogP contribution in [0.4, 0.5) is 10.6 Å². The lowest BCUT2D eigenvalue weighted by atomic mass is 10.1. The molecule has 4 rings (SSSR count). The molecule has 1 N–H and O–H groups in total. The van der Waals surface area contributed by atoms with E-state index in [9.17, 15) is 4.79 Å². The lowest BCUT2D eigenvalue weighted by Gasteiger charge is -2.36. The van der Waals surface area contributed by atoms with E-state index in [-0.39, 0.29) is 11.6 Å². The predicted molar refractivity (Wildman–Crippen MR) is 143 cm³/mol. The molecule has 1 amide bonds. The van der Waals surface area contributed by atoms with Gasteiger partial charge in [-0.2, -0.15) is 0 Å². The van der Waals surface area contributed by atoms with Gasteiger partial charge in [0.15, 0.2) is 25.3 Å². The molecule has 0 radical (unpaired) electrons. The van der Waals surface area contributed by atoms with Gasteiger partial charge in [0.25, 0.3) is 0 Å². The van der Waals surface area contributed by atoms with Gasteiger partial charge in [0, 0.05) is 0 Å². The summed E-state index contributed by atoms with van der Waals surface area (Å²) < 4.78 is 13.6. The molecule has 2 heterocycles. The fourth-order valence-corrected chi connectivity index (χ4v) is 4.32. The van der Waals surface area contributed by atoms with E-state index in [4.69, 9.17) is 9.16 Å². The lowest BCUT2D eigenvalue weighted by molar-refractivity contribution is 0.155. The van der Waals surface area contributed by atoms with E-state index in [1.807, 2.05) is 34.9 Å². The van der Waals surface area contributed by atoms with Gasteiger partial charge in [-0.3, -0.25) is 5.32 Å². The van der Waals surface area contributed by atoms with Crippen LogP contribution in [0.1, 0.15) is 37.5 Å². The zero-order valence-electron chi connectivity index (χ0n) is 21.5. The molecule has 0 aliphatic rings. The van der Waals surface area contributed by atoms with Crippen molar-refractivity contribution in [1.82, 2.24) is 19.5 Å². The first-order valence-electron chi connectivity index (χ1n) is 12.0. The maximum Gasteiger partial charge on any atom is 0.413 e. The fourth-order valence-electron chi connectivity index (χ4n) is 3.36. The number of rotatable bonds is 8. The Morgan fingerprint density at radius 2 is 1.58 bits per heavy atom. The van der Waals surface area contributed by atoms with Gasteiger partial charge in [0.1, 0.15) is 12.9 Å². The second-order valence-corrected chi connectivity index (χ2v) is 15.1. The van der Waals surface area contributed by atoms with Crippen molar-refractivity contribution in [1.29, 1.82) is 0 Å². The number of nitrogens with zero attached hydrogens (tertiary/aromatic N) is 4. The van der Waals surface area contributed by atoms with Crippen molar-refractivity contribution < 1.29 is 14.0 Å². The number of benzene rings is 2. The van der Waals surface area contributed by atoms with Crippen molar-refractivity contribution in [3.8, 4) is 0 Å². The Kier molecular flexibility index (Phi) is 7.51. The molecule has 8 nitrogen and oxygen atoms in total. The van der Waals surface area contributed by atoms with Crippen LogP contribution >= 0.6 is 0 Å². The number of carbonyl (C=O) groups excluding carboxylic acids is 1. The average Bonchev–Trinajstić information content (AvgIpc) is 3.26. The Bertz CT molecular complexity index is 1320. The highest BCUT2D eigenvalue weighted by molar-refractivity contribution is 6.74. The van der Waals surface area contributed by atoms with E-state index in [2.05, 4.69) is 78.4 Å². The van der Waals surface area contributed by atoms with Crippen LogP contribution in [0.5, 0.6) is 0 Å². The zero-order chi connectivity index (χ0) is 25.8. The first kappa shape index (κ1) is 25.5. The summed E-state index contributed by atoms with van der Waals surface area (Å²) in [4.78, 5) is 25.3. The molecule has 9 heteroatoms. The van der Waals surface area contributed by atoms with Gasteiger partial charge >= 0.3 is 6.09 Å². The third-order valence-corrected chi connectivity index (χ3v) is 11.1. The van der Waals surface area contributed by atoms with Crippen molar-refractivity contribution in [2.45, 2.75) is 58.7 Å². The van der Waals surface area contributed by atoms with Crippen molar-refractivity contribution in [2.75, 3.05) is 5.32 Å². The highest BCUT2D eigenvalue weighted by atomic mass is 28.4. The van der Waals surface area contributed by atoms with Gasteiger partial charge < -0.3 is 13.7 Å². The number of imidazole rings is 1. The second-order valence-electron chi connectivity index (χ2n) is 10.3. The molecular weight excluding hydrogens is 470 g/mol. The summed E-state index contributed by atoms with van der Waals surface area (Å²) in [5.74, 6) is 0.315. The van der Waals surface area contributed by atoms with Crippen LogP contribution in [-0.2, 0) is 28.9 Å². The second kappa shape index (κ2) is 10.6. The van der Waals surface area contributed by atoms with Crippen molar-refractivity contribution in [3.05, 3.63) is 83.9 Å². The maximum absolute atomic E-state index is 12.3. The van der Waals surface area contributed by atoms with Gasteiger partial charge in [0.2, 0.25) is 0 Å². The van der Waals surface area contributed by atoms with Crippen LogP contribution in [0.2, 0.25) is 18.1 Å². The third-order valence-electron chi connectivity index (χ3n) is 6.62. The van der Waals surface area contributed by atoms with E-state index in [0.29, 0.717) is 30.1 Å². The molecule has 0 unspecified atom stereocenters. The fraction of sp³-hybridized carbons (Fsp3) is 0.333. The Balaban J connectivity index is 1.39. The van der Waals surface area contributed by atoms with Gasteiger partial charge in [-0.05, 0) is 34.8 Å². The summed E-state index contributed by atoms with van der Waals surface area (Å²) in [7, 11) is -1.79. The number of carbonyl (C=O) groups is 1. The largest absolute Gasteiger partial charge is 0.444 e. The standard InChI is InChI=1S/C27H33N5O3Si/c1-27(2,3)36(4,5)35-17-22-13-11-20(12-14-22)15-32-19-30-23-24(28-18-29-25(23)32)31-26(33)34-16-21-9-7-6-8-10-21/h6-14,18-19H,15-17H2,1-5H3,(H,28,29,31,33). The number of amides is 1. The minimum absolute atomic E-state index is 0.173. The van der Waals surface area contributed by atoms with Crippen molar-refractivity contribution >= 4 is 31.4 Å². The van der Waals surface area contributed by atoms with Crippen molar-refractivity contribution in [3.63, 3.8) is 0 Å². The zero-order valence-corrected chi connectivity index (χ0v) is 22.5. The number of nitrogens with one attached hydrogen (secondary N) is 1. The van der Waals surface area contributed by atoms with Gasteiger partial charge in [-0.25, -0.2) is 19.7 Å². The molecule has 0 saturated heterocycles. The average molecular weight is 504 g/mol. The Hall–Kier alpha value is -3.56. The number of hydrogen-bond acceptors (Lipinski definition) is 6. The smallest absolute Gasteiger partial charge is 0.413 e. The van der Waals surface area contributed by atoms with Crippen LogP contribution in [0.25, 0.3) is 11.2 Å². The van der Waals surface area contributed by atoms with E-state index in [1.165, 1.54) is 6.33 Å². The topological polar surface area (TPSA) is 91.2 Å². The highest BCUT2D eigenvalue weighted by Crippen LogP contribution is 2.37. The van der Waals surface area contributed by atoms with Gasteiger partial charge in [0.05, 0.1) is 19.5 Å². The summed E-state index contributed by atoms with van der Waals surface area (Å²) >= 11 is 0. The Morgan fingerprint density at radius 3 is 2.28 bits per heavy atom. The molecular formula is C27H33N5O3Si. The molecule has 0 atom stereocenters. The number of ether oxygens (including phenoxy) is 1. The SMILES string of the molecule is CC(C)(C)[Si](C)(C)OCc1ccc(Cn2cnc3c(NC(=O)OCc4ccccc4)ncnc32)cc1. The maximum atomic E-state index is 12.3. The first-order chi connectivity index (χ1) is 17.1. The van der Waals surface area contributed by atoms with Crippen LogP contribution in [-0.4, -0.2) is 33.9 Å². The van der Waals surface area contributed by atoms with E-state index >= 15 is 0 Å². The van der Waals surface area contributed by atoms with E-state index in [1.54, 1.807) is 6.33 Å². The summed E-state index contributed by atoms with van der Waals surface area (Å²) in [5, 5.41) is 2.86. The molecule has 36 heavy (non-hydrogen) atoms. The summed E-state index contributed by atoms with van der Waals surface area (Å²) in [6, 6.07) is 17.9. The monoisotopic (exact) mass is 503 g/mol. The number of aromatic nitrogens is 4. The van der Waals surface area contributed by atoms with Crippen LogP contribution in [0, 0.1) is 0 Å². The quantitative estimate of drug-likeness (QED) is 0.290. The number of hydrogen-bond donors (Lipinski definition) is 1. The molecule has 0 bridgehead atoms. The summed E-state index contributed by atoms with van der Waals surface area (Å²) in [5.41, 5.74) is 4.31. The molecule has 188 valence electrons. The molecule has 0 aliphatic heterocycles. The summed E-state index contributed by atoms with van der Waals surface area (Å²) in [6.07, 6.45) is 2.52. The normalized spacial score (nSPS) is 12.0. The predicted octanol–water partition coefficient (Wildman–Crippen LogP) is 6.15. The van der Waals surface area contributed by atoms with E-state index < -0.39 is 14.4 Å². The molecule has 2 aromatic heterocycles. The molecule has 0 saturated carbocycles. The highest BCUT2D eigenvalue weighted by Gasteiger charge is 2.37. The number of anilines is 1. The number of fused-ring (bicyclic) bond motifs is 1. The Labute approximate surface area is 212 Å².